The van der Waals surface area contributed by atoms with E-state index in [1.807, 2.05) is 37.3 Å². The van der Waals surface area contributed by atoms with Gasteiger partial charge in [-0.25, -0.2) is 8.42 Å². The van der Waals surface area contributed by atoms with Crippen molar-refractivity contribution in [1.29, 1.82) is 0 Å². The molecule has 2 atom stereocenters. The lowest BCUT2D eigenvalue weighted by Gasteiger charge is -2.34. The molecule has 4 rings (SSSR count). The standard InChI is InChI=1S/C24H23ClN2O4S/c1-17(18-7-3-2-4-8-18)15-26-24(28)23-16-27(21-9-5-6-10-22(21)31-23)32(29,30)20-13-11-19(25)12-14-20/h2-14,17,23H,15-16H2,1H3,(H,26,28)/t17-,23-/m0/s1. The predicted octanol–water partition coefficient (Wildman–Crippen LogP) is 4.22. The highest BCUT2D eigenvalue weighted by molar-refractivity contribution is 7.92. The molecule has 1 aliphatic rings. The van der Waals surface area contributed by atoms with Gasteiger partial charge in [-0.05, 0) is 47.9 Å². The second-order valence-electron chi connectivity index (χ2n) is 7.62. The highest BCUT2D eigenvalue weighted by atomic mass is 35.5. The van der Waals surface area contributed by atoms with Gasteiger partial charge in [0.15, 0.2) is 6.10 Å². The molecule has 0 aromatic heterocycles. The van der Waals surface area contributed by atoms with Gasteiger partial charge in [0.25, 0.3) is 15.9 Å². The van der Waals surface area contributed by atoms with Crippen molar-refractivity contribution in [2.24, 2.45) is 0 Å². The number of hydrogen-bond donors (Lipinski definition) is 1. The number of hydrogen-bond acceptors (Lipinski definition) is 4. The van der Waals surface area contributed by atoms with Gasteiger partial charge in [-0.15, -0.1) is 0 Å². The Morgan fingerprint density at radius 2 is 1.72 bits per heavy atom. The number of benzene rings is 3. The summed E-state index contributed by atoms with van der Waals surface area (Å²) in [5, 5.41) is 3.34. The van der Waals surface area contributed by atoms with E-state index in [4.69, 9.17) is 16.3 Å². The zero-order valence-corrected chi connectivity index (χ0v) is 19.0. The van der Waals surface area contributed by atoms with Gasteiger partial charge in [0, 0.05) is 11.6 Å². The maximum Gasteiger partial charge on any atom is 0.264 e. The van der Waals surface area contributed by atoms with Crippen molar-refractivity contribution in [3.8, 4) is 5.75 Å². The maximum atomic E-state index is 13.4. The second-order valence-corrected chi connectivity index (χ2v) is 9.92. The zero-order chi connectivity index (χ0) is 22.7. The fourth-order valence-corrected chi connectivity index (χ4v) is 5.17. The number of carbonyl (C=O) groups excluding carboxylic acids is 1. The Morgan fingerprint density at radius 1 is 1.06 bits per heavy atom. The first kappa shape index (κ1) is 22.2. The number of nitrogens with zero attached hydrogens (tertiary/aromatic N) is 1. The highest BCUT2D eigenvalue weighted by Crippen LogP contribution is 2.37. The molecule has 0 aliphatic carbocycles. The van der Waals surface area contributed by atoms with Gasteiger partial charge in [0.1, 0.15) is 5.75 Å². The van der Waals surface area contributed by atoms with E-state index in [1.54, 1.807) is 24.3 Å². The number of nitrogens with one attached hydrogen (secondary N) is 1. The number of sulfonamides is 1. The first-order valence-corrected chi connectivity index (χ1v) is 12.0. The molecule has 1 aliphatic heterocycles. The molecule has 8 heteroatoms. The third-order valence-electron chi connectivity index (χ3n) is 5.38. The molecule has 1 amide bonds. The smallest absolute Gasteiger partial charge is 0.264 e. The van der Waals surface area contributed by atoms with Crippen LogP contribution in [0.1, 0.15) is 18.4 Å². The summed E-state index contributed by atoms with van der Waals surface area (Å²) in [7, 11) is -3.92. The summed E-state index contributed by atoms with van der Waals surface area (Å²) < 4.78 is 33.8. The number of carbonyl (C=O) groups is 1. The lowest BCUT2D eigenvalue weighted by Crippen LogP contribution is -2.51. The summed E-state index contributed by atoms with van der Waals surface area (Å²) in [5.41, 5.74) is 1.50. The van der Waals surface area contributed by atoms with Crippen molar-refractivity contribution in [3.05, 3.63) is 89.4 Å². The van der Waals surface area contributed by atoms with Crippen LogP contribution in [0.4, 0.5) is 5.69 Å². The van der Waals surface area contributed by atoms with Gasteiger partial charge in [-0.3, -0.25) is 9.10 Å². The van der Waals surface area contributed by atoms with Crippen LogP contribution >= 0.6 is 11.6 Å². The third-order valence-corrected chi connectivity index (χ3v) is 7.43. The minimum Gasteiger partial charge on any atom is -0.476 e. The summed E-state index contributed by atoms with van der Waals surface area (Å²) in [6.07, 6.45) is -0.977. The van der Waals surface area contributed by atoms with Crippen molar-refractivity contribution in [2.75, 3.05) is 17.4 Å². The fraction of sp³-hybridized carbons (Fsp3) is 0.208. The number of rotatable bonds is 6. The topological polar surface area (TPSA) is 75.7 Å². The van der Waals surface area contributed by atoms with E-state index in [-0.39, 0.29) is 23.3 Å². The number of anilines is 1. The second kappa shape index (κ2) is 9.22. The van der Waals surface area contributed by atoms with Crippen LogP contribution < -0.4 is 14.4 Å². The average Bonchev–Trinajstić information content (AvgIpc) is 2.82. The maximum absolute atomic E-state index is 13.4. The van der Waals surface area contributed by atoms with Gasteiger partial charge >= 0.3 is 0 Å². The van der Waals surface area contributed by atoms with Crippen molar-refractivity contribution < 1.29 is 17.9 Å². The SMILES string of the molecule is C[C@@H](CNC(=O)[C@@H]1CN(S(=O)(=O)c2ccc(Cl)cc2)c2ccccc2O1)c1ccccc1. The molecule has 0 spiro atoms. The summed E-state index contributed by atoms with van der Waals surface area (Å²) in [6.45, 7) is 2.30. The molecule has 6 nitrogen and oxygen atoms in total. The molecule has 1 N–H and O–H groups in total. The Morgan fingerprint density at radius 3 is 2.44 bits per heavy atom. The van der Waals surface area contributed by atoms with E-state index in [2.05, 4.69) is 5.32 Å². The number of para-hydroxylation sites is 2. The molecular weight excluding hydrogens is 448 g/mol. The zero-order valence-electron chi connectivity index (χ0n) is 17.4. The first-order chi connectivity index (χ1) is 15.4. The molecule has 0 unspecified atom stereocenters. The summed E-state index contributed by atoms with van der Waals surface area (Å²) in [5.74, 6) is 0.0797. The Hall–Kier alpha value is -3.03. The first-order valence-electron chi connectivity index (χ1n) is 10.2. The Balaban J connectivity index is 1.55. The molecule has 0 saturated carbocycles. The highest BCUT2D eigenvalue weighted by Gasteiger charge is 2.37. The summed E-state index contributed by atoms with van der Waals surface area (Å²) in [4.78, 5) is 13.0. The van der Waals surface area contributed by atoms with Gasteiger partial charge in [0.05, 0.1) is 17.1 Å². The normalized spacial score (nSPS) is 16.6. The third kappa shape index (κ3) is 4.59. The Bertz CT molecular complexity index is 1200. The lowest BCUT2D eigenvalue weighted by atomic mass is 10.0. The molecule has 3 aromatic rings. The van der Waals surface area contributed by atoms with Crippen molar-refractivity contribution in [1.82, 2.24) is 5.32 Å². The van der Waals surface area contributed by atoms with Gasteiger partial charge < -0.3 is 10.1 Å². The van der Waals surface area contributed by atoms with Crippen LogP contribution in [0.25, 0.3) is 0 Å². The van der Waals surface area contributed by atoms with Crippen LogP contribution in [-0.2, 0) is 14.8 Å². The molecule has 32 heavy (non-hydrogen) atoms. The average molecular weight is 471 g/mol. The van der Waals surface area contributed by atoms with E-state index >= 15 is 0 Å². The van der Waals surface area contributed by atoms with Gasteiger partial charge in [-0.1, -0.05) is 61.0 Å². The van der Waals surface area contributed by atoms with Crippen molar-refractivity contribution in [3.63, 3.8) is 0 Å². The number of halogens is 1. The quantitative estimate of drug-likeness (QED) is 0.585. The van der Waals surface area contributed by atoms with Crippen LogP contribution in [0.2, 0.25) is 5.02 Å². The minimum absolute atomic E-state index is 0.0930. The van der Waals surface area contributed by atoms with Gasteiger partial charge in [0.2, 0.25) is 0 Å². The van der Waals surface area contributed by atoms with Crippen LogP contribution in [0.5, 0.6) is 5.75 Å². The number of fused-ring (bicyclic) bond motifs is 1. The summed E-state index contributed by atoms with van der Waals surface area (Å²) in [6, 6.07) is 22.6. The molecule has 3 aromatic carbocycles. The predicted molar refractivity (Wildman–Crippen MR) is 125 cm³/mol. The number of ether oxygens (including phenoxy) is 1. The molecule has 0 radical (unpaired) electrons. The molecule has 0 fully saturated rings. The number of amides is 1. The molecular formula is C24H23ClN2O4S. The van der Waals surface area contributed by atoms with Crippen LogP contribution in [0, 0.1) is 0 Å². The Kier molecular flexibility index (Phi) is 6.39. The van der Waals surface area contributed by atoms with E-state index in [1.165, 1.54) is 28.6 Å². The molecule has 0 saturated heterocycles. The van der Waals surface area contributed by atoms with E-state index in [0.29, 0.717) is 23.0 Å². The minimum atomic E-state index is -3.92. The van der Waals surface area contributed by atoms with Gasteiger partial charge in [-0.2, -0.15) is 0 Å². The summed E-state index contributed by atoms with van der Waals surface area (Å²) >= 11 is 5.92. The van der Waals surface area contributed by atoms with E-state index in [9.17, 15) is 13.2 Å². The fourth-order valence-electron chi connectivity index (χ4n) is 3.57. The lowest BCUT2D eigenvalue weighted by molar-refractivity contribution is -0.127. The van der Waals surface area contributed by atoms with E-state index < -0.39 is 16.1 Å². The van der Waals surface area contributed by atoms with Crippen LogP contribution in [-0.4, -0.2) is 33.5 Å². The van der Waals surface area contributed by atoms with Crippen molar-refractivity contribution in [2.45, 2.75) is 23.8 Å². The van der Waals surface area contributed by atoms with Crippen LogP contribution in [0.3, 0.4) is 0 Å². The molecule has 1 heterocycles. The monoisotopic (exact) mass is 470 g/mol. The van der Waals surface area contributed by atoms with Crippen LogP contribution in [0.15, 0.2) is 83.8 Å². The molecule has 0 bridgehead atoms. The Labute approximate surface area is 192 Å². The van der Waals surface area contributed by atoms with E-state index in [0.717, 1.165) is 5.56 Å². The van der Waals surface area contributed by atoms with Crippen molar-refractivity contribution >= 4 is 33.2 Å². The molecule has 166 valence electrons. The largest absolute Gasteiger partial charge is 0.476 e.